The number of thiol groups is 1. The molecular weight excluding hydrogens is 158 g/mol. The maximum atomic E-state index is 4.14. The van der Waals surface area contributed by atoms with Gasteiger partial charge in [0.25, 0.3) is 0 Å². The van der Waals surface area contributed by atoms with Gasteiger partial charge in [-0.15, -0.1) is 0 Å². The first-order valence-corrected chi connectivity index (χ1v) is 4.35. The summed E-state index contributed by atoms with van der Waals surface area (Å²) in [4.78, 5) is 4.06. The largest absolute Gasteiger partial charge is 0.249 e. The molecule has 0 bridgehead atoms. The quantitative estimate of drug-likeness (QED) is 0.696. The fraction of sp³-hybridized carbons (Fsp3) is 0.714. The van der Waals surface area contributed by atoms with Crippen molar-refractivity contribution in [3.8, 4) is 0 Å². The van der Waals surface area contributed by atoms with Crippen LogP contribution in [0.4, 0.5) is 0 Å². The van der Waals surface area contributed by atoms with E-state index in [0.29, 0.717) is 11.7 Å². The zero-order chi connectivity index (χ0) is 8.27. The minimum Gasteiger partial charge on any atom is -0.249 e. The van der Waals surface area contributed by atoms with Crippen LogP contribution in [0, 0.1) is 5.92 Å². The van der Waals surface area contributed by atoms with Crippen molar-refractivity contribution in [2.24, 2.45) is 5.92 Å². The van der Waals surface area contributed by atoms with Crippen molar-refractivity contribution in [3.05, 3.63) is 12.2 Å². The predicted octanol–water partition coefficient (Wildman–Crippen LogP) is 1.36. The molecule has 3 nitrogen and oxygen atoms in total. The molecule has 0 atom stereocenters. The van der Waals surface area contributed by atoms with Crippen molar-refractivity contribution < 1.29 is 0 Å². The van der Waals surface area contributed by atoms with Gasteiger partial charge in [-0.2, -0.15) is 17.7 Å². The minimum absolute atomic E-state index is 0.607. The zero-order valence-corrected chi connectivity index (χ0v) is 7.75. The Bertz CT molecular complexity index is 219. The lowest BCUT2D eigenvalue weighted by molar-refractivity contribution is 0.472. The van der Waals surface area contributed by atoms with Gasteiger partial charge in [-0.1, -0.05) is 13.8 Å². The topological polar surface area (TPSA) is 30.7 Å². The van der Waals surface area contributed by atoms with E-state index in [0.717, 1.165) is 12.4 Å². The molecule has 1 heterocycles. The number of hydrogen-bond donors (Lipinski definition) is 1. The SMILES string of the molecule is CC(C)Cn1ncnc1CS. The van der Waals surface area contributed by atoms with Gasteiger partial charge in [0.15, 0.2) is 0 Å². The van der Waals surface area contributed by atoms with Crippen molar-refractivity contribution >= 4 is 12.6 Å². The summed E-state index contributed by atoms with van der Waals surface area (Å²) < 4.78 is 1.90. The molecule has 1 rings (SSSR count). The third kappa shape index (κ3) is 2.22. The zero-order valence-electron chi connectivity index (χ0n) is 6.86. The van der Waals surface area contributed by atoms with Crippen LogP contribution in [0.2, 0.25) is 0 Å². The molecule has 0 aliphatic rings. The Labute approximate surface area is 72.2 Å². The van der Waals surface area contributed by atoms with Crippen LogP contribution < -0.4 is 0 Å². The fourth-order valence-electron chi connectivity index (χ4n) is 0.909. The lowest BCUT2D eigenvalue weighted by atomic mass is 10.2. The summed E-state index contributed by atoms with van der Waals surface area (Å²) in [6.45, 7) is 5.24. The molecule has 0 saturated heterocycles. The van der Waals surface area contributed by atoms with Crippen LogP contribution in [0.3, 0.4) is 0 Å². The molecule has 0 aliphatic heterocycles. The van der Waals surface area contributed by atoms with Gasteiger partial charge in [-0.3, -0.25) is 0 Å². The Kier molecular flexibility index (Phi) is 2.93. The highest BCUT2D eigenvalue weighted by molar-refractivity contribution is 7.79. The molecule has 1 aromatic heterocycles. The molecule has 62 valence electrons. The highest BCUT2D eigenvalue weighted by Crippen LogP contribution is 2.02. The summed E-state index contributed by atoms with van der Waals surface area (Å²) in [5.74, 6) is 2.21. The molecule has 11 heavy (non-hydrogen) atoms. The maximum absolute atomic E-state index is 4.14. The molecule has 1 aromatic rings. The number of aromatic nitrogens is 3. The molecule has 4 heteroatoms. The normalized spacial score (nSPS) is 10.9. The van der Waals surface area contributed by atoms with Crippen LogP contribution in [0.15, 0.2) is 6.33 Å². The highest BCUT2D eigenvalue weighted by Gasteiger charge is 2.02. The molecule has 0 saturated carbocycles. The molecule has 0 spiro atoms. The Morgan fingerprint density at radius 2 is 2.36 bits per heavy atom. The van der Waals surface area contributed by atoms with Gasteiger partial charge in [-0.25, -0.2) is 9.67 Å². The average Bonchev–Trinajstić information content (AvgIpc) is 2.34. The van der Waals surface area contributed by atoms with Crippen LogP contribution >= 0.6 is 12.6 Å². The average molecular weight is 171 g/mol. The van der Waals surface area contributed by atoms with Crippen molar-refractivity contribution in [3.63, 3.8) is 0 Å². The Morgan fingerprint density at radius 1 is 1.64 bits per heavy atom. The second kappa shape index (κ2) is 3.76. The lowest BCUT2D eigenvalue weighted by Gasteiger charge is -2.05. The standard InChI is InChI=1S/C7H13N3S/c1-6(2)3-10-7(4-11)8-5-9-10/h5-6,11H,3-4H2,1-2H3. The first-order chi connectivity index (χ1) is 5.24. The van der Waals surface area contributed by atoms with Gasteiger partial charge in [0.2, 0.25) is 0 Å². The Hall–Kier alpha value is -0.510. The van der Waals surface area contributed by atoms with Crippen LogP contribution in [0.25, 0.3) is 0 Å². The summed E-state index contributed by atoms with van der Waals surface area (Å²) >= 11 is 4.14. The fourth-order valence-corrected chi connectivity index (χ4v) is 1.15. The summed E-state index contributed by atoms with van der Waals surface area (Å²) in [7, 11) is 0. The van der Waals surface area contributed by atoms with E-state index in [1.54, 1.807) is 6.33 Å². The third-order valence-corrected chi connectivity index (χ3v) is 1.66. The number of nitrogens with zero attached hydrogens (tertiary/aromatic N) is 3. The number of hydrogen-bond acceptors (Lipinski definition) is 3. The highest BCUT2D eigenvalue weighted by atomic mass is 32.1. The molecule has 0 aromatic carbocycles. The second-order valence-electron chi connectivity index (χ2n) is 2.91. The van der Waals surface area contributed by atoms with E-state index in [-0.39, 0.29) is 0 Å². The van der Waals surface area contributed by atoms with E-state index < -0.39 is 0 Å². The monoisotopic (exact) mass is 171 g/mol. The first-order valence-electron chi connectivity index (χ1n) is 3.71. The van der Waals surface area contributed by atoms with Gasteiger partial charge in [0, 0.05) is 6.54 Å². The molecule has 0 unspecified atom stereocenters. The second-order valence-corrected chi connectivity index (χ2v) is 3.23. The van der Waals surface area contributed by atoms with Gasteiger partial charge < -0.3 is 0 Å². The summed E-state index contributed by atoms with van der Waals surface area (Å²) in [5, 5.41) is 4.08. The van der Waals surface area contributed by atoms with Crippen molar-refractivity contribution in [2.45, 2.75) is 26.1 Å². The van der Waals surface area contributed by atoms with Crippen molar-refractivity contribution in [1.29, 1.82) is 0 Å². The van der Waals surface area contributed by atoms with E-state index in [1.165, 1.54) is 0 Å². The van der Waals surface area contributed by atoms with Gasteiger partial charge in [-0.05, 0) is 5.92 Å². The molecular formula is C7H13N3S. The maximum Gasteiger partial charge on any atom is 0.138 e. The molecule has 0 N–H and O–H groups in total. The predicted molar refractivity (Wildman–Crippen MR) is 47.6 cm³/mol. The van der Waals surface area contributed by atoms with E-state index in [1.807, 2.05) is 4.68 Å². The summed E-state index contributed by atoms with van der Waals surface area (Å²) in [5.41, 5.74) is 0. The Morgan fingerprint density at radius 3 is 2.91 bits per heavy atom. The molecule has 0 radical (unpaired) electrons. The van der Waals surface area contributed by atoms with Crippen molar-refractivity contribution in [1.82, 2.24) is 14.8 Å². The van der Waals surface area contributed by atoms with E-state index in [2.05, 4.69) is 36.6 Å². The number of rotatable bonds is 3. The van der Waals surface area contributed by atoms with Gasteiger partial charge in [0.1, 0.15) is 12.2 Å². The lowest BCUT2D eigenvalue weighted by Crippen LogP contribution is -2.09. The third-order valence-electron chi connectivity index (χ3n) is 1.38. The van der Waals surface area contributed by atoms with Crippen LogP contribution in [0.1, 0.15) is 19.7 Å². The van der Waals surface area contributed by atoms with E-state index in [9.17, 15) is 0 Å². The molecule has 0 amide bonds. The molecule has 0 fully saturated rings. The smallest absolute Gasteiger partial charge is 0.138 e. The van der Waals surface area contributed by atoms with E-state index in [4.69, 9.17) is 0 Å². The van der Waals surface area contributed by atoms with Gasteiger partial charge >= 0.3 is 0 Å². The van der Waals surface area contributed by atoms with Gasteiger partial charge in [0.05, 0.1) is 5.75 Å². The first kappa shape index (κ1) is 8.59. The van der Waals surface area contributed by atoms with Crippen LogP contribution in [-0.4, -0.2) is 14.8 Å². The minimum atomic E-state index is 0.607. The summed E-state index contributed by atoms with van der Waals surface area (Å²) in [6.07, 6.45) is 1.58. The van der Waals surface area contributed by atoms with Crippen LogP contribution in [-0.2, 0) is 12.3 Å². The van der Waals surface area contributed by atoms with E-state index >= 15 is 0 Å². The molecule has 0 aliphatic carbocycles. The van der Waals surface area contributed by atoms with Crippen molar-refractivity contribution in [2.75, 3.05) is 0 Å². The summed E-state index contributed by atoms with van der Waals surface area (Å²) in [6, 6.07) is 0. The Balaban J connectivity index is 2.68. The van der Waals surface area contributed by atoms with Crippen LogP contribution in [0.5, 0.6) is 0 Å².